The number of carboxylic acids is 1. The number of nitrogens with zero attached hydrogens (tertiary/aromatic N) is 5. The SMILES string of the molecule is CCOn1c(C)c(CCN(C)CCc2cnn(C(C)C)c2)c2cc(N(C(N)=S)c3ccccc3)ccc21.O=C(O)C(O)c1ccccc1. The van der Waals surface area contributed by atoms with E-state index in [0.717, 1.165) is 53.9 Å². The molecule has 2 aromatic heterocycles. The van der Waals surface area contributed by atoms with Crippen LogP contribution in [0.5, 0.6) is 0 Å². The number of nitrogens with two attached hydrogens (primary N) is 1. The highest BCUT2D eigenvalue weighted by molar-refractivity contribution is 7.80. The molecule has 5 aromatic rings. The lowest BCUT2D eigenvalue weighted by molar-refractivity contribution is -0.146. The number of rotatable bonds is 13. The van der Waals surface area contributed by atoms with Crippen LogP contribution in [-0.2, 0) is 17.6 Å². The first-order valence-corrected chi connectivity index (χ1v) is 16.5. The predicted octanol–water partition coefficient (Wildman–Crippen LogP) is 6.08. The van der Waals surface area contributed by atoms with E-state index in [1.54, 1.807) is 30.3 Å². The minimum absolute atomic E-state index is 0.314. The minimum Gasteiger partial charge on any atom is -0.479 e. The Kier molecular flexibility index (Phi) is 12.7. The number of para-hydroxylation sites is 1. The van der Waals surface area contributed by atoms with E-state index in [1.807, 2.05) is 57.8 Å². The molecule has 0 aliphatic carbocycles. The third-order valence-corrected chi connectivity index (χ3v) is 8.26. The maximum Gasteiger partial charge on any atom is 0.337 e. The van der Waals surface area contributed by atoms with E-state index < -0.39 is 12.1 Å². The van der Waals surface area contributed by atoms with Crippen LogP contribution in [0.25, 0.3) is 10.9 Å². The number of aromatic nitrogens is 3. The second-order valence-corrected chi connectivity index (χ2v) is 12.3. The molecule has 10 nitrogen and oxygen atoms in total. The summed E-state index contributed by atoms with van der Waals surface area (Å²) in [7, 11) is 2.18. The molecule has 48 heavy (non-hydrogen) atoms. The number of aliphatic hydroxyl groups is 1. The molecule has 11 heteroatoms. The normalized spacial score (nSPS) is 11.8. The van der Waals surface area contributed by atoms with Crippen molar-refractivity contribution in [1.29, 1.82) is 0 Å². The quantitative estimate of drug-likeness (QED) is 0.128. The molecule has 1 unspecified atom stereocenters. The van der Waals surface area contributed by atoms with Crippen molar-refractivity contribution >= 4 is 45.6 Å². The van der Waals surface area contributed by atoms with Gasteiger partial charge in [-0.15, -0.1) is 0 Å². The highest BCUT2D eigenvalue weighted by Gasteiger charge is 2.19. The van der Waals surface area contributed by atoms with Gasteiger partial charge in [0.05, 0.1) is 17.4 Å². The van der Waals surface area contributed by atoms with Crippen LogP contribution in [0.3, 0.4) is 0 Å². The summed E-state index contributed by atoms with van der Waals surface area (Å²) in [6, 6.07) is 25.0. The van der Waals surface area contributed by atoms with Crippen LogP contribution in [0.2, 0.25) is 0 Å². The Morgan fingerprint density at radius 2 is 1.65 bits per heavy atom. The average molecular weight is 671 g/mol. The summed E-state index contributed by atoms with van der Waals surface area (Å²) < 4.78 is 3.98. The molecule has 0 radical (unpaired) electrons. The smallest absolute Gasteiger partial charge is 0.337 e. The number of benzene rings is 3. The van der Waals surface area contributed by atoms with E-state index in [9.17, 15) is 4.79 Å². The number of aliphatic carboxylic acids is 1. The van der Waals surface area contributed by atoms with Gasteiger partial charge in [0, 0.05) is 42.1 Å². The molecule has 0 fully saturated rings. The van der Waals surface area contributed by atoms with Crippen molar-refractivity contribution < 1.29 is 19.8 Å². The maximum atomic E-state index is 10.2. The second kappa shape index (κ2) is 16.9. The predicted molar refractivity (Wildman–Crippen MR) is 196 cm³/mol. The van der Waals surface area contributed by atoms with E-state index >= 15 is 0 Å². The van der Waals surface area contributed by atoms with Gasteiger partial charge in [0.25, 0.3) is 0 Å². The molecular formula is C37H46N6O4S. The highest BCUT2D eigenvalue weighted by atomic mass is 32.1. The lowest BCUT2D eigenvalue weighted by Crippen LogP contribution is -2.31. The van der Waals surface area contributed by atoms with Crippen molar-refractivity contribution in [2.45, 2.75) is 52.7 Å². The molecule has 0 saturated heterocycles. The van der Waals surface area contributed by atoms with Crippen LogP contribution in [0.1, 0.15) is 55.3 Å². The third-order valence-electron chi connectivity index (χ3n) is 8.08. The van der Waals surface area contributed by atoms with Gasteiger partial charge in [0.1, 0.15) is 6.61 Å². The fourth-order valence-electron chi connectivity index (χ4n) is 5.47. The summed E-state index contributed by atoms with van der Waals surface area (Å²) in [4.78, 5) is 20.6. The number of likely N-dealkylation sites (N-methyl/N-ethyl adjacent to an activating group) is 1. The Morgan fingerprint density at radius 3 is 2.23 bits per heavy atom. The molecular weight excluding hydrogens is 625 g/mol. The fraction of sp³-hybridized carbons (Fsp3) is 0.324. The first-order valence-electron chi connectivity index (χ1n) is 16.1. The zero-order valence-corrected chi connectivity index (χ0v) is 29.1. The number of aliphatic hydroxyl groups excluding tert-OH is 1. The van der Waals surface area contributed by atoms with Gasteiger partial charge < -0.3 is 25.7 Å². The van der Waals surface area contributed by atoms with Gasteiger partial charge in [-0.2, -0.15) is 9.83 Å². The second-order valence-electron chi connectivity index (χ2n) is 11.9. The fourth-order valence-corrected chi connectivity index (χ4v) is 5.68. The molecule has 0 saturated carbocycles. The van der Waals surface area contributed by atoms with Gasteiger partial charge in [-0.05, 0) is 107 Å². The molecule has 4 N–H and O–H groups in total. The first-order chi connectivity index (χ1) is 23.0. The Bertz CT molecular complexity index is 1790. The van der Waals surface area contributed by atoms with E-state index in [1.165, 1.54) is 11.1 Å². The van der Waals surface area contributed by atoms with Gasteiger partial charge >= 0.3 is 5.97 Å². The zero-order chi connectivity index (χ0) is 34.8. The monoisotopic (exact) mass is 670 g/mol. The first kappa shape index (κ1) is 36.1. The molecule has 0 spiro atoms. The summed E-state index contributed by atoms with van der Waals surface area (Å²) in [5, 5.41) is 23.3. The molecule has 0 aliphatic heterocycles. The lowest BCUT2D eigenvalue weighted by atomic mass is 10.1. The Morgan fingerprint density at radius 1 is 1.00 bits per heavy atom. The average Bonchev–Trinajstić information content (AvgIpc) is 3.66. The van der Waals surface area contributed by atoms with Gasteiger partial charge in [0.2, 0.25) is 0 Å². The number of fused-ring (bicyclic) bond motifs is 1. The van der Waals surface area contributed by atoms with Gasteiger partial charge in [-0.25, -0.2) is 4.79 Å². The van der Waals surface area contributed by atoms with Crippen molar-refractivity contribution in [2.24, 2.45) is 5.73 Å². The summed E-state index contributed by atoms with van der Waals surface area (Å²) >= 11 is 5.44. The molecule has 0 aliphatic rings. The van der Waals surface area contributed by atoms with Crippen LogP contribution in [0.4, 0.5) is 11.4 Å². The minimum atomic E-state index is -1.41. The summed E-state index contributed by atoms with van der Waals surface area (Å²) in [6.07, 6.45) is 4.62. The maximum absolute atomic E-state index is 10.2. The van der Waals surface area contributed by atoms with E-state index in [4.69, 9.17) is 33.0 Å². The lowest BCUT2D eigenvalue weighted by Gasteiger charge is -2.23. The van der Waals surface area contributed by atoms with Crippen LogP contribution in [0, 0.1) is 6.92 Å². The van der Waals surface area contributed by atoms with Crippen molar-refractivity contribution in [3.05, 3.63) is 114 Å². The van der Waals surface area contributed by atoms with Gasteiger partial charge in [-0.1, -0.05) is 48.5 Å². The van der Waals surface area contributed by atoms with E-state index in [-0.39, 0.29) is 0 Å². The van der Waals surface area contributed by atoms with Crippen LogP contribution in [0.15, 0.2) is 91.3 Å². The van der Waals surface area contributed by atoms with Gasteiger partial charge in [0.15, 0.2) is 11.2 Å². The molecule has 0 amide bonds. The topological polar surface area (TPSA) is 122 Å². The number of carboxylic acid groups (broad SMARTS) is 1. The van der Waals surface area contributed by atoms with E-state index in [2.05, 4.69) is 62.2 Å². The van der Waals surface area contributed by atoms with Crippen molar-refractivity contribution in [3.63, 3.8) is 0 Å². The van der Waals surface area contributed by atoms with Crippen LogP contribution in [-0.4, -0.2) is 67.4 Å². The number of hydrogen-bond donors (Lipinski definition) is 3. The molecule has 2 heterocycles. The van der Waals surface area contributed by atoms with Crippen molar-refractivity contribution in [1.82, 2.24) is 19.4 Å². The largest absolute Gasteiger partial charge is 0.479 e. The summed E-state index contributed by atoms with van der Waals surface area (Å²) in [5.74, 6) is -1.23. The number of hydrogen-bond acceptors (Lipinski definition) is 6. The van der Waals surface area contributed by atoms with Crippen LogP contribution >= 0.6 is 12.2 Å². The van der Waals surface area contributed by atoms with Crippen molar-refractivity contribution in [2.75, 3.05) is 31.6 Å². The van der Waals surface area contributed by atoms with Gasteiger partial charge in [-0.3, -0.25) is 9.58 Å². The molecule has 254 valence electrons. The standard InChI is InChI=1S/C29H38N6OS.C8H8O3/c1-6-36-35-22(4)26(15-17-32(5)16-14-23-19-31-33(20-23)21(2)3)27-18-25(12-13-28(27)35)34(29(30)37)24-10-8-7-9-11-24;9-7(8(10)11)6-4-2-1-3-5-6/h7-13,18-21H,6,14-17H2,1-5H3,(H2,30,37);1-5,7,9H,(H,10,11). The van der Waals surface area contributed by atoms with Crippen molar-refractivity contribution in [3.8, 4) is 0 Å². The Balaban J connectivity index is 0.000000401. The highest BCUT2D eigenvalue weighted by Crippen LogP contribution is 2.33. The molecule has 0 bridgehead atoms. The number of thiocarbonyl (C=S) groups is 1. The van der Waals surface area contributed by atoms with E-state index in [0.29, 0.717) is 23.3 Å². The molecule has 5 rings (SSSR count). The Hall–Kier alpha value is -4.71. The van der Waals surface area contributed by atoms with Crippen LogP contribution < -0.4 is 15.5 Å². The molecule has 3 aromatic carbocycles. The summed E-state index contributed by atoms with van der Waals surface area (Å²) in [5.41, 5.74) is 13.2. The third kappa shape index (κ3) is 9.00. The number of anilines is 2. The Labute approximate surface area is 287 Å². The molecule has 1 atom stereocenters. The number of carbonyl (C=O) groups is 1. The zero-order valence-electron chi connectivity index (χ0n) is 28.3. The summed E-state index contributed by atoms with van der Waals surface area (Å²) in [6.45, 7) is 10.9.